The number of aryl methyl sites for hydroxylation is 1. The van der Waals surface area contributed by atoms with E-state index in [0.717, 1.165) is 12.1 Å². The van der Waals surface area contributed by atoms with E-state index in [1.807, 2.05) is 0 Å². The molecule has 0 aliphatic heterocycles. The van der Waals surface area contributed by atoms with Gasteiger partial charge in [-0.05, 0) is 24.3 Å². The maximum Gasteiger partial charge on any atom is 0.416 e. The number of nitrogens with zero attached hydrogens (tertiary/aromatic N) is 5. The lowest BCUT2D eigenvalue weighted by molar-refractivity contribution is -0.137. The van der Waals surface area contributed by atoms with Crippen molar-refractivity contribution in [1.29, 1.82) is 0 Å². The highest BCUT2D eigenvalue weighted by molar-refractivity contribution is 5.82. The maximum absolute atomic E-state index is 13.1. The molecule has 4 aromatic rings. The fourth-order valence-electron chi connectivity index (χ4n) is 2.67. The van der Waals surface area contributed by atoms with Gasteiger partial charge in [0.25, 0.3) is 0 Å². The first-order valence-corrected chi connectivity index (χ1v) is 7.77. The summed E-state index contributed by atoms with van der Waals surface area (Å²) in [5.41, 5.74) is 0.162. The first kappa shape index (κ1) is 17.0. The molecule has 27 heavy (non-hydrogen) atoms. The third-order valence-electron chi connectivity index (χ3n) is 3.89. The Morgan fingerprint density at radius 1 is 1.07 bits per heavy atom. The number of rotatable bonds is 3. The van der Waals surface area contributed by atoms with Crippen LogP contribution in [0, 0.1) is 6.92 Å². The smallest absolute Gasteiger partial charge is 0.416 e. The van der Waals surface area contributed by atoms with Crippen molar-refractivity contribution < 1.29 is 22.3 Å². The zero-order valence-electron chi connectivity index (χ0n) is 14.2. The Kier molecular flexibility index (Phi) is 3.83. The van der Waals surface area contributed by atoms with Crippen LogP contribution in [0.3, 0.4) is 0 Å². The quantitative estimate of drug-likeness (QED) is 0.542. The number of methoxy groups -OCH3 is 1. The highest BCUT2D eigenvalue weighted by atomic mass is 19.4. The van der Waals surface area contributed by atoms with Crippen LogP contribution in [0.25, 0.3) is 28.4 Å². The van der Waals surface area contributed by atoms with E-state index in [0.29, 0.717) is 34.6 Å². The van der Waals surface area contributed by atoms with Crippen molar-refractivity contribution in [2.45, 2.75) is 13.1 Å². The minimum absolute atomic E-state index is 0.151. The van der Waals surface area contributed by atoms with Crippen molar-refractivity contribution in [1.82, 2.24) is 24.7 Å². The summed E-state index contributed by atoms with van der Waals surface area (Å²) in [6.45, 7) is 1.66. The molecule has 3 heterocycles. The molecule has 4 rings (SSSR count). The highest BCUT2D eigenvalue weighted by Gasteiger charge is 2.31. The van der Waals surface area contributed by atoms with E-state index in [9.17, 15) is 13.2 Å². The average molecular weight is 375 g/mol. The standard InChI is InChI=1S/C17H12F3N5O2/c1-9-21-12(8-27-9)16-22-11-7-10(17(18,19)20)3-4-13(11)25(16)14-5-6-15(26-2)24-23-14/h3-8H,1-2H3. The molecule has 0 unspecified atom stereocenters. The Balaban J connectivity index is 1.98. The van der Waals surface area contributed by atoms with Crippen LogP contribution in [0.5, 0.6) is 5.88 Å². The van der Waals surface area contributed by atoms with E-state index in [4.69, 9.17) is 9.15 Å². The molecule has 10 heteroatoms. The lowest BCUT2D eigenvalue weighted by atomic mass is 10.2. The fraction of sp³-hybridized carbons (Fsp3) is 0.176. The van der Waals surface area contributed by atoms with Crippen molar-refractivity contribution in [2.24, 2.45) is 0 Å². The van der Waals surface area contributed by atoms with E-state index in [2.05, 4.69) is 20.2 Å². The molecule has 3 aromatic heterocycles. The van der Waals surface area contributed by atoms with E-state index in [1.54, 1.807) is 23.6 Å². The zero-order chi connectivity index (χ0) is 19.2. The van der Waals surface area contributed by atoms with Crippen molar-refractivity contribution >= 4 is 11.0 Å². The van der Waals surface area contributed by atoms with Crippen LogP contribution in [-0.2, 0) is 6.18 Å². The summed E-state index contributed by atoms with van der Waals surface area (Å²) in [5, 5.41) is 7.99. The number of imidazole rings is 1. The van der Waals surface area contributed by atoms with Crippen molar-refractivity contribution in [3.63, 3.8) is 0 Å². The minimum atomic E-state index is -4.47. The van der Waals surface area contributed by atoms with Crippen LogP contribution >= 0.6 is 0 Å². The normalized spacial score (nSPS) is 11.9. The largest absolute Gasteiger partial charge is 0.480 e. The van der Waals surface area contributed by atoms with Gasteiger partial charge in [-0.3, -0.25) is 4.57 Å². The van der Waals surface area contributed by atoms with Gasteiger partial charge in [-0.2, -0.15) is 13.2 Å². The second kappa shape index (κ2) is 6.08. The highest BCUT2D eigenvalue weighted by Crippen LogP contribution is 2.34. The van der Waals surface area contributed by atoms with Crippen LogP contribution in [0.1, 0.15) is 11.5 Å². The van der Waals surface area contributed by atoms with Gasteiger partial charge in [0, 0.05) is 13.0 Å². The lowest BCUT2D eigenvalue weighted by Gasteiger charge is -2.08. The molecule has 0 saturated carbocycles. The zero-order valence-corrected chi connectivity index (χ0v) is 14.2. The molecule has 0 atom stereocenters. The van der Waals surface area contributed by atoms with Crippen LogP contribution in [0.15, 0.2) is 41.0 Å². The number of halogens is 3. The number of benzene rings is 1. The molecule has 7 nitrogen and oxygen atoms in total. The summed E-state index contributed by atoms with van der Waals surface area (Å²) in [4.78, 5) is 8.55. The summed E-state index contributed by atoms with van der Waals surface area (Å²) in [6, 6.07) is 6.54. The Hall–Kier alpha value is -3.43. The van der Waals surface area contributed by atoms with Crippen molar-refractivity contribution in [3.8, 4) is 23.2 Å². The van der Waals surface area contributed by atoms with Crippen LogP contribution < -0.4 is 4.74 Å². The molecule has 0 bridgehead atoms. The van der Waals surface area contributed by atoms with Gasteiger partial charge in [0.05, 0.1) is 23.7 Å². The topological polar surface area (TPSA) is 78.9 Å². The van der Waals surface area contributed by atoms with Crippen molar-refractivity contribution in [2.75, 3.05) is 7.11 Å². The van der Waals surface area contributed by atoms with Crippen LogP contribution in [-0.4, -0.2) is 31.8 Å². The van der Waals surface area contributed by atoms with Gasteiger partial charge in [0.2, 0.25) is 5.88 Å². The first-order valence-electron chi connectivity index (χ1n) is 7.77. The van der Waals surface area contributed by atoms with Gasteiger partial charge in [-0.1, -0.05) is 0 Å². The number of aromatic nitrogens is 5. The molecule has 138 valence electrons. The number of ether oxygens (including phenoxy) is 1. The van der Waals surface area contributed by atoms with Gasteiger partial charge < -0.3 is 9.15 Å². The fourth-order valence-corrected chi connectivity index (χ4v) is 2.67. The average Bonchev–Trinajstić information content (AvgIpc) is 3.23. The van der Waals surface area contributed by atoms with E-state index >= 15 is 0 Å². The Bertz CT molecular complexity index is 1120. The van der Waals surface area contributed by atoms with Crippen molar-refractivity contribution in [3.05, 3.63) is 48.0 Å². The van der Waals surface area contributed by atoms with Gasteiger partial charge in [0.1, 0.15) is 12.0 Å². The first-order chi connectivity index (χ1) is 12.9. The Morgan fingerprint density at radius 2 is 1.89 bits per heavy atom. The SMILES string of the molecule is COc1ccc(-n2c(-c3coc(C)n3)nc3cc(C(F)(F)F)ccc32)nn1. The molecule has 0 spiro atoms. The lowest BCUT2D eigenvalue weighted by Crippen LogP contribution is -2.05. The third-order valence-corrected chi connectivity index (χ3v) is 3.89. The second-order valence-corrected chi connectivity index (χ2v) is 5.66. The minimum Gasteiger partial charge on any atom is -0.480 e. The molecular formula is C17H12F3N5O2. The van der Waals surface area contributed by atoms with E-state index in [-0.39, 0.29) is 5.52 Å². The number of hydrogen-bond donors (Lipinski definition) is 0. The predicted octanol–water partition coefficient (Wildman–Crippen LogP) is 3.81. The molecule has 0 aliphatic rings. The molecule has 0 aliphatic carbocycles. The number of hydrogen-bond acceptors (Lipinski definition) is 6. The van der Waals surface area contributed by atoms with Gasteiger partial charge >= 0.3 is 6.18 Å². The Labute approximate surface area is 150 Å². The number of oxazole rings is 1. The third kappa shape index (κ3) is 2.98. The van der Waals surface area contributed by atoms with Gasteiger partial charge in [0.15, 0.2) is 17.5 Å². The summed E-state index contributed by atoms with van der Waals surface area (Å²) in [6.07, 6.45) is -3.09. The summed E-state index contributed by atoms with van der Waals surface area (Å²) in [5.74, 6) is 1.36. The monoisotopic (exact) mass is 375 g/mol. The summed E-state index contributed by atoms with van der Waals surface area (Å²) in [7, 11) is 1.46. The van der Waals surface area contributed by atoms with Gasteiger partial charge in [-0.15, -0.1) is 10.2 Å². The molecule has 1 aromatic carbocycles. The Morgan fingerprint density at radius 3 is 2.48 bits per heavy atom. The molecule has 0 N–H and O–H groups in total. The number of alkyl halides is 3. The molecule has 0 amide bonds. The summed E-state index contributed by atoms with van der Waals surface area (Å²) < 4.78 is 51.0. The van der Waals surface area contributed by atoms with Gasteiger partial charge in [-0.25, -0.2) is 9.97 Å². The molecular weight excluding hydrogens is 363 g/mol. The molecule has 0 fully saturated rings. The maximum atomic E-state index is 13.1. The molecule has 0 saturated heterocycles. The van der Waals surface area contributed by atoms with E-state index in [1.165, 1.54) is 19.4 Å². The predicted molar refractivity (Wildman–Crippen MR) is 88.4 cm³/mol. The van der Waals surface area contributed by atoms with Crippen LogP contribution in [0.2, 0.25) is 0 Å². The van der Waals surface area contributed by atoms with E-state index < -0.39 is 11.7 Å². The number of fused-ring (bicyclic) bond motifs is 1. The second-order valence-electron chi connectivity index (χ2n) is 5.66. The molecule has 0 radical (unpaired) electrons. The van der Waals surface area contributed by atoms with Crippen LogP contribution in [0.4, 0.5) is 13.2 Å². The summed E-state index contributed by atoms with van der Waals surface area (Å²) >= 11 is 0.